The third-order valence-corrected chi connectivity index (χ3v) is 5.24. The highest BCUT2D eigenvalue weighted by atomic mass is 127. The zero-order valence-electron chi connectivity index (χ0n) is 17.8. The number of aromatic nitrogens is 2. The molecule has 2 aromatic rings. The zero-order valence-corrected chi connectivity index (χ0v) is 20.1. The fraction of sp³-hybridized carbons (Fsp3) is 0.524. The van der Waals surface area contributed by atoms with Crippen molar-refractivity contribution < 1.29 is 4.74 Å². The number of rotatable bonds is 6. The van der Waals surface area contributed by atoms with Crippen LogP contribution < -0.4 is 15.4 Å². The molecule has 2 heterocycles. The molecule has 0 aliphatic carbocycles. The van der Waals surface area contributed by atoms with E-state index < -0.39 is 0 Å². The maximum atomic E-state index is 5.20. The van der Waals surface area contributed by atoms with Crippen LogP contribution in [-0.2, 0) is 6.54 Å². The molecule has 3 rings (SSSR count). The van der Waals surface area contributed by atoms with E-state index in [2.05, 4.69) is 39.5 Å². The second-order valence-electron chi connectivity index (χ2n) is 7.42. The van der Waals surface area contributed by atoms with Gasteiger partial charge >= 0.3 is 0 Å². The van der Waals surface area contributed by atoms with Crippen molar-refractivity contribution in [3.63, 3.8) is 0 Å². The van der Waals surface area contributed by atoms with Crippen LogP contribution in [0.25, 0.3) is 5.69 Å². The van der Waals surface area contributed by atoms with Crippen LogP contribution in [-0.4, -0.2) is 60.0 Å². The van der Waals surface area contributed by atoms with Gasteiger partial charge in [0, 0.05) is 38.4 Å². The van der Waals surface area contributed by atoms with E-state index >= 15 is 0 Å². The van der Waals surface area contributed by atoms with Gasteiger partial charge in [0.05, 0.1) is 25.0 Å². The summed E-state index contributed by atoms with van der Waals surface area (Å²) in [4.78, 5) is 6.90. The lowest BCUT2D eigenvalue weighted by molar-refractivity contribution is 0.167. The molecule has 0 bridgehead atoms. The maximum absolute atomic E-state index is 5.20. The van der Waals surface area contributed by atoms with Crippen molar-refractivity contribution in [2.24, 2.45) is 4.99 Å². The van der Waals surface area contributed by atoms with Crippen LogP contribution in [0.1, 0.15) is 32.4 Å². The van der Waals surface area contributed by atoms with E-state index in [4.69, 9.17) is 4.74 Å². The SMILES string of the molecule is CN=C(NCc1ccn(-c2ccc(OC)cc2)n1)NC1CCN(C(C)C)CC1.I. The first-order chi connectivity index (χ1) is 13.6. The highest BCUT2D eigenvalue weighted by Gasteiger charge is 2.21. The van der Waals surface area contributed by atoms with E-state index in [0.29, 0.717) is 18.6 Å². The minimum atomic E-state index is 0. The van der Waals surface area contributed by atoms with Gasteiger partial charge in [0.2, 0.25) is 0 Å². The lowest BCUT2D eigenvalue weighted by Crippen LogP contribution is -2.49. The number of methoxy groups -OCH3 is 1. The van der Waals surface area contributed by atoms with Gasteiger partial charge in [-0.05, 0) is 57.0 Å². The summed E-state index contributed by atoms with van der Waals surface area (Å²) in [5, 5.41) is 11.6. The van der Waals surface area contributed by atoms with Crippen molar-refractivity contribution in [1.82, 2.24) is 25.3 Å². The Labute approximate surface area is 190 Å². The molecule has 1 aliphatic heterocycles. The van der Waals surface area contributed by atoms with Crippen molar-refractivity contribution in [3.05, 3.63) is 42.2 Å². The van der Waals surface area contributed by atoms with Crippen molar-refractivity contribution >= 4 is 29.9 Å². The summed E-state index contributed by atoms with van der Waals surface area (Å²) >= 11 is 0. The Balaban J connectivity index is 0.00000300. The lowest BCUT2D eigenvalue weighted by Gasteiger charge is -2.35. The van der Waals surface area contributed by atoms with Gasteiger partial charge in [-0.1, -0.05) is 0 Å². The molecule has 2 N–H and O–H groups in total. The normalized spacial score (nSPS) is 15.8. The first kappa shape index (κ1) is 23.5. The average molecular weight is 512 g/mol. The Hall–Kier alpha value is -1.81. The lowest BCUT2D eigenvalue weighted by atomic mass is 10.0. The standard InChI is InChI=1S/C21H32N6O.HI/c1-16(2)26-12-9-17(10-13-26)24-21(22-3)23-15-18-11-14-27(25-18)19-5-7-20(28-4)8-6-19;/h5-8,11,14,16-17H,9-10,12-13,15H2,1-4H3,(H2,22,23,24);1H. The van der Waals surface area contributed by atoms with Gasteiger partial charge in [-0.3, -0.25) is 4.99 Å². The smallest absolute Gasteiger partial charge is 0.191 e. The molecule has 1 aromatic heterocycles. The molecule has 0 atom stereocenters. The molecule has 7 nitrogen and oxygen atoms in total. The fourth-order valence-electron chi connectivity index (χ4n) is 3.46. The van der Waals surface area contributed by atoms with E-state index in [0.717, 1.165) is 49.0 Å². The molecule has 0 amide bonds. The molecule has 0 saturated carbocycles. The summed E-state index contributed by atoms with van der Waals surface area (Å²) in [5.74, 6) is 1.67. The Morgan fingerprint density at radius 1 is 1.21 bits per heavy atom. The summed E-state index contributed by atoms with van der Waals surface area (Å²) in [7, 11) is 3.48. The molecule has 1 fully saturated rings. The van der Waals surface area contributed by atoms with Gasteiger partial charge in [-0.25, -0.2) is 4.68 Å². The molecule has 0 radical (unpaired) electrons. The van der Waals surface area contributed by atoms with E-state index in [1.807, 2.05) is 48.3 Å². The summed E-state index contributed by atoms with van der Waals surface area (Å²) in [6.45, 7) is 7.43. The van der Waals surface area contributed by atoms with E-state index in [-0.39, 0.29) is 24.0 Å². The molecule has 1 aromatic carbocycles. The van der Waals surface area contributed by atoms with Crippen LogP contribution >= 0.6 is 24.0 Å². The summed E-state index contributed by atoms with van der Waals surface area (Å²) in [5.41, 5.74) is 1.97. The molecule has 160 valence electrons. The van der Waals surface area contributed by atoms with E-state index in [1.165, 1.54) is 0 Å². The van der Waals surface area contributed by atoms with Crippen molar-refractivity contribution in [3.8, 4) is 11.4 Å². The number of guanidine groups is 1. The van der Waals surface area contributed by atoms with E-state index in [1.54, 1.807) is 7.11 Å². The average Bonchev–Trinajstić information content (AvgIpc) is 3.20. The summed E-state index contributed by atoms with van der Waals surface area (Å²) < 4.78 is 7.07. The summed E-state index contributed by atoms with van der Waals surface area (Å²) in [6.07, 6.45) is 4.26. The second kappa shape index (κ2) is 11.4. The van der Waals surface area contributed by atoms with Gasteiger partial charge < -0.3 is 20.3 Å². The first-order valence-corrected chi connectivity index (χ1v) is 9.99. The predicted octanol–water partition coefficient (Wildman–Crippen LogP) is 3.04. The summed E-state index contributed by atoms with van der Waals surface area (Å²) in [6, 6.07) is 11.0. The van der Waals surface area contributed by atoms with E-state index in [9.17, 15) is 0 Å². The number of ether oxygens (including phenoxy) is 1. The van der Waals surface area contributed by atoms with Gasteiger partial charge in [0.1, 0.15) is 5.75 Å². The van der Waals surface area contributed by atoms with Crippen molar-refractivity contribution in [2.45, 2.75) is 45.3 Å². The van der Waals surface area contributed by atoms with Crippen molar-refractivity contribution in [1.29, 1.82) is 0 Å². The Morgan fingerprint density at radius 2 is 1.90 bits per heavy atom. The topological polar surface area (TPSA) is 66.7 Å². The number of hydrogen-bond donors (Lipinski definition) is 2. The van der Waals surface area contributed by atoms with Crippen LogP contribution in [0.3, 0.4) is 0 Å². The van der Waals surface area contributed by atoms with Crippen LogP contribution in [0.15, 0.2) is 41.5 Å². The van der Waals surface area contributed by atoms with Crippen LogP contribution in [0, 0.1) is 0 Å². The highest BCUT2D eigenvalue weighted by Crippen LogP contribution is 2.15. The third-order valence-electron chi connectivity index (χ3n) is 5.24. The largest absolute Gasteiger partial charge is 0.497 e. The molecular formula is C21H33IN6O. The number of halogens is 1. The van der Waals surface area contributed by atoms with Gasteiger partial charge in [-0.15, -0.1) is 24.0 Å². The van der Waals surface area contributed by atoms with Crippen LogP contribution in [0.5, 0.6) is 5.75 Å². The molecule has 1 saturated heterocycles. The number of benzene rings is 1. The second-order valence-corrected chi connectivity index (χ2v) is 7.42. The predicted molar refractivity (Wildman–Crippen MR) is 129 cm³/mol. The molecule has 29 heavy (non-hydrogen) atoms. The zero-order chi connectivity index (χ0) is 19.9. The molecule has 0 spiro atoms. The van der Waals surface area contributed by atoms with Crippen molar-refractivity contribution in [2.75, 3.05) is 27.2 Å². The number of aliphatic imine (C=N–C) groups is 1. The maximum Gasteiger partial charge on any atom is 0.191 e. The molecule has 1 aliphatic rings. The highest BCUT2D eigenvalue weighted by molar-refractivity contribution is 14.0. The fourth-order valence-corrected chi connectivity index (χ4v) is 3.46. The Kier molecular flexibility index (Phi) is 9.22. The minimum Gasteiger partial charge on any atom is -0.497 e. The third kappa shape index (κ3) is 6.60. The molecular weight excluding hydrogens is 479 g/mol. The monoisotopic (exact) mass is 512 g/mol. The molecule has 8 heteroatoms. The first-order valence-electron chi connectivity index (χ1n) is 9.99. The van der Waals surface area contributed by atoms with Crippen LogP contribution in [0.4, 0.5) is 0 Å². The quantitative estimate of drug-likeness (QED) is 0.354. The van der Waals surface area contributed by atoms with Gasteiger partial charge in [0.25, 0.3) is 0 Å². The number of nitrogens with one attached hydrogen (secondary N) is 2. The number of hydrogen-bond acceptors (Lipinski definition) is 4. The van der Waals surface area contributed by atoms with Gasteiger partial charge in [-0.2, -0.15) is 5.10 Å². The number of likely N-dealkylation sites (tertiary alicyclic amines) is 1. The Morgan fingerprint density at radius 3 is 2.48 bits per heavy atom. The minimum absolute atomic E-state index is 0. The molecule has 0 unspecified atom stereocenters. The number of nitrogens with zero attached hydrogens (tertiary/aromatic N) is 4. The Bertz CT molecular complexity index is 766. The number of piperidine rings is 1. The van der Waals surface area contributed by atoms with Gasteiger partial charge in [0.15, 0.2) is 5.96 Å². The van der Waals surface area contributed by atoms with Crippen LogP contribution in [0.2, 0.25) is 0 Å².